The third-order valence-corrected chi connectivity index (χ3v) is 2.07. The number of hydrogen-bond donors (Lipinski definition) is 1. The van der Waals surface area contributed by atoms with Crippen molar-refractivity contribution >= 4 is 12.0 Å². The van der Waals surface area contributed by atoms with Crippen molar-refractivity contribution in [2.45, 2.75) is 33.1 Å². The molecule has 0 aliphatic rings. The fourth-order valence-corrected chi connectivity index (χ4v) is 1.42. The molecular weight excluding hydrogens is 174 g/mol. The van der Waals surface area contributed by atoms with Crippen LogP contribution < -0.4 is 5.73 Å². The van der Waals surface area contributed by atoms with Crippen molar-refractivity contribution in [3.8, 4) is 0 Å². The summed E-state index contributed by atoms with van der Waals surface area (Å²) in [4.78, 5) is 8.39. The van der Waals surface area contributed by atoms with Gasteiger partial charge in [0.2, 0.25) is 5.95 Å². The molecule has 0 aliphatic carbocycles. The molecule has 2 N–H and O–H groups in total. The summed E-state index contributed by atoms with van der Waals surface area (Å²) in [6, 6.07) is 0. The number of nitrogen functional groups attached to an aromatic ring is 1. The van der Waals surface area contributed by atoms with Crippen LogP contribution in [0.4, 0.5) is 5.95 Å². The maximum atomic E-state index is 5.62. The summed E-state index contributed by atoms with van der Waals surface area (Å²) in [5.74, 6) is 0.332. The van der Waals surface area contributed by atoms with E-state index in [4.69, 9.17) is 5.73 Å². The van der Waals surface area contributed by atoms with E-state index in [0.29, 0.717) is 5.95 Å². The van der Waals surface area contributed by atoms with Crippen molar-refractivity contribution in [1.29, 1.82) is 0 Å². The maximum absolute atomic E-state index is 5.62. The van der Waals surface area contributed by atoms with Gasteiger partial charge in [-0.25, -0.2) is 9.97 Å². The topological polar surface area (TPSA) is 51.8 Å². The molecule has 3 heteroatoms. The average Bonchev–Trinajstić information content (AvgIpc) is 2.01. The summed E-state index contributed by atoms with van der Waals surface area (Å²) in [5, 5.41) is 0. The zero-order valence-corrected chi connectivity index (χ0v) is 9.26. The summed E-state index contributed by atoms with van der Waals surface area (Å²) in [6.07, 6.45) is 1.79. The number of aromatic nitrogens is 2. The molecule has 0 unspecified atom stereocenters. The zero-order valence-electron chi connectivity index (χ0n) is 9.26. The SMILES string of the molecule is C=Cc1c(C)nc(N)nc1C(C)(C)C. The van der Waals surface area contributed by atoms with Gasteiger partial charge >= 0.3 is 0 Å². The Hall–Kier alpha value is -1.38. The van der Waals surface area contributed by atoms with Crippen molar-refractivity contribution in [2.24, 2.45) is 0 Å². The van der Waals surface area contributed by atoms with Gasteiger partial charge in [0.05, 0.1) is 11.4 Å². The number of aryl methyl sites for hydroxylation is 1. The molecule has 0 aliphatic heterocycles. The van der Waals surface area contributed by atoms with Crippen LogP contribution in [-0.4, -0.2) is 9.97 Å². The summed E-state index contributed by atoms with van der Waals surface area (Å²) in [6.45, 7) is 12.0. The van der Waals surface area contributed by atoms with Crippen molar-refractivity contribution in [1.82, 2.24) is 9.97 Å². The molecule has 0 bridgehead atoms. The number of anilines is 1. The highest BCUT2D eigenvalue weighted by atomic mass is 15.0. The fraction of sp³-hybridized carbons (Fsp3) is 0.455. The molecule has 1 rings (SSSR count). The normalized spacial score (nSPS) is 11.4. The lowest BCUT2D eigenvalue weighted by Gasteiger charge is -2.21. The molecular formula is C11H17N3. The third kappa shape index (κ3) is 1.92. The number of nitrogens with two attached hydrogens (primary N) is 1. The monoisotopic (exact) mass is 191 g/mol. The smallest absolute Gasteiger partial charge is 0.220 e. The average molecular weight is 191 g/mol. The molecule has 0 spiro atoms. The van der Waals surface area contributed by atoms with Gasteiger partial charge in [0.25, 0.3) is 0 Å². The van der Waals surface area contributed by atoms with Crippen LogP contribution in [0.3, 0.4) is 0 Å². The van der Waals surface area contributed by atoms with E-state index in [1.165, 1.54) is 0 Å². The van der Waals surface area contributed by atoms with Crippen molar-refractivity contribution in [3.05, 3.63) is 23.5 Å². The van der Waals surface area contributed by atoms with Crippen LogP contribution in [0.25, 0.3) is 6.08 Å². The van der Waals surface area contributed by atoms with E-state index in [0.717, 1.165) is 17.0 Å². The minimum absolute atomic E-state index is 0.0364. The molecule has 76 valence electrons. The first kappa shape index (κ1) is 10.7. The first-order valence-electron chi connectivity index (χ1n) is 4.63. The predicted molar refractivity (Wildman–Crippen MR) is 60.0 cm³/mol. The second kappa shape index (κ2) is 3.40. The second-order valence-electron chi connectivity index (χ2n) is 4.38. The summed E-state index contributed by atoms with van der Waals surface area (Å²) < 4.78 is 0. The minimum Gasteiger partial charge on any atom is -0.368 e. The van der Waals surface area contributed by atoms with Crippen LogP contribution in [0, 0.1) is 6.92 Å². The van der Waals surface area contributed by atoms with Crippen LogP contribution in [0.15, 0.2) is 6.58 Å². The molecule has 0 saturated carbocycles. The Morgan fingerprint density at radius 1 is 1.29 bits per heavy atom. The van der Waals surface area contributed by atoms with Gasteiger partial charge in [-0.1, -0.05) is 33.4 Å². The fourth-order valence-electron chi connectivity index (χ4n) is 1.42. The van der Waals surface area contributed by atoms with Gasteiger partial charge in [-0.05, 0) is 6.92 Å². The van der Waals surface area contributed by atoms with Crippen LogP contribution in [0.2, 0.25) is 0 Å². The highest BCUT2D eigenvalue weighted by Crippen LogP contribution is 2.26. The molecule has 1 aromatic rings. The van der Waals surface area contributed by atoms with Gasteiger partial charge in [0.1, 0.15) is 0 Å². The van der Waals surface area contributed by atoms with Crippen molar-refractivity contribution in [3.63, 3.8) is 0 Å². The molecule has 0 amide bonds. The van der Waals surface area contributed by atoms with E-state index in [2.05, 4.69) is 37.3 Å². The third-order valence-electron chi connectivity index (χ3n) is 2.07. The van der Waals surface area contributed by atoms with E-state index in [-0.39, 0.29) is 5.41 Å². The van der Waals surface area contributed by atoms with E-state index in [9.17, 15) is 0 Å². The summed E-state index contributed by atoms with van der Waals surface area (Å²) >= 11 is 0. The lowest BCUT2D eigenvalue weighted by molar-refractivity contribution is 0.565. The van der Waals surface area contributed by atoms with E-state index in [1.54, 1.807) is 6.08 Å². The molecule has 0 saturated heterocycles. The molecule has 3 nitrogen and oxygen atoms in total. The standard InChI is InChI=1S/C11H17N3/c1-6-8-7(2)13-10(12)14-9(8)11(3,4)5/h6H,1H2,2-5H3,(H2,12,13,14). The maximum Gasteiger partial charge on any atom is 0.220 e. The molecule has 0 aromatic carbocycles. The predicted octanol–water partition coefficient (Wildman–Crippen LogP) is 2.31. The van der Waals surface area contributed by atoms with Gasteiger partial charge in [0, 0.05) is 11.0 Å². The van der Waals surface area contributed by atoms with Crippen LogP contribution in [-0.2, 0) is 5.41 Å². The minimum atomic E-state index is -0.0364. The molecule has 14 heavy (non-hydrogen) atoms. The lowest BCUT2D eigenvalue weighted by atomic mass is 9.88. The number of nitrogens with zero attached hydrogens (tertiary/aromatic N) is 2. The van der Waals surface area contributed by atoms with E-state index in [1.807, 2.05) is 6.92 Å². The Kier molecular flexibility index (Phi) is 2.60. The van der Waals surface area contributed by atoms with Crippen LogP contribution in [0.1, 0.15) is 37.7 Å². The zero-order chi connectivity index (χ0) is 10.9. The molecule has 0 fully saturated rings. The van der Waals surface area contributed by atoms with Crippen LogP contribution >= 0.6 is 0 Å². The second-order valence-corrected chi connectivity index (χ2v) is 4.38. The summed E-state index contributed by atoms with van der Waals surface area (Å²) in [7, 11) is 0. The van der Waals surface area contributed by atoms with E-state index < -0.39 is 0 Å². The first-order valence-corrected chi connectivity index (χ1v) is 4.63. The Morgan fingerprint density at radius 2 is 1.86 bits per heavy atom. The van der Waals surface area contributed by atoms with E-state index >= 15 is 0 Å². The first-order chi connectivity index (χ1) is 6.36. The summed E-state index contributed by atoms with van der Waals surface area (Å²) in [5.41, 5.74) is 8.42. The van der Waals surface area contributed by atoms with Gasteiger partial charge in [-0.15, -0.1) is 0 Å². The molecule has 0 radical (unpaired) electrons. The highest BCUT2D eigenvalue weighted by Gasteiger charge is 2.20. The Morgan fingerprint density at radius 3 is 2.29 bits per heavy atom. The number of rotatable bonds is 1. The van der Waals surface area contributed by atoms with Gasteiger partial charge < -0.3 is 5.73 Å². The Labute approximate surface area is 85.1 Å². The molecule has 1 heterocycles. The van der Waals surface area contributed by atoms with Crippen molar-refractivity contribution in [2.75, 3.05) is 5.73 Å². The van der Waals surface area contributed by atoms with Gasteiger partial charge in [0.15, 0.2) is 0 Å². The largest absolute Gasteiger partial charge is 0.368 e. The molecule has 1 aromatic heterocycles. The van der Waals surface area contributed by atoms with Crippen molar-refractivity contribution < 1.29 is 0 Å². The highest BCUT2D eigenvalue weighted by molar-refractivity contribution is 5.55. The van der Waals surface area contributed by atoms with Crippen LogP contribution in [0.5, 0.6) is 0 Å². The van der Waals surface area contributed by atoms with Gasteiger partial charge in [-0.3, -0.25) is 0 Å². The molecule has 0 atom stereocenters. The van der Waals surface area contributed by atoms with Gasteiger partial charge in [-0.2, -0.15) is 0 Å². The Balaban J connectivity index is 3.48. The number of hydrogen-bond acceptors (Lipinski definition) is 3. The Bertz CT molecular complexity index is 362. The quantitative estimate of drug-likeness (QED) is 0.741. The lowest BCUT2D eigenvalue weighted by Crippen LogP contribution is -2.18.